The van der Waals surface area contributed by atoms with E-state index in [4.69, 9.17) is 4.52 Å². The molecule has 1 aromatic rings. The third-order valence-electron chi connectivity index (χ3n) is 2.96. The summed E-state index contributed by atoms with van der Waals surface area (Å²) in [5.74, 6) is 1.06. The van der Waals surface area contributed by atoms with E-state index in [0.717, 1.165) is 31.7 Å². The Bertz CT molecular complexity index is 365. The zero-order chi connectivity index (χ0) is 11.5. The number of hydrogen-bond acceptors (Lipinski definition) is 3. The van der Waals surface area contributed by atoms with Crippen molar-refractivity contribution in [3.8, 4) is 0 Å². The maximum Gasteiger partial charge on any atom is 0.276 e. The summed E-state index contributed by atoms with van der Waals surface area (Å²) >= 11 is 0. The summed E-state index contributed by atoms with van der Waals surface area (Å²) in [6, 6.07) is 1.77. The number of carbonyl (C=O) groups excluding carboxylic acids is 1. The van der Waals surface area contributed by atoms with Crippen LogP contribution in [0.2, 0.25) is 0 Å². The first-order valence-electron chi connectivity index (χ1n) is 5.94. The third kappa shape index (κ3) is 2.26. The first kappa shape index (κ1) is 11.2. The molecule has 4 nitrogen and oxygen atoms in total. The van der Waals surface area contributed by atoms with E-state index in [2.05, 4.69) is 5.16 Å². The van der Waals surface area contributed by atoms with Crippen LogP contribution >= 0.6 is 0 Å². The maximum atomic E-state index is 12.0. The van der Waals surface area contributed by atoms with Gasteiger partial charge in [-0.15, -0.1) is 0 Å². The van der Waals surface area contributed by atoms with E-state index in [0.29, 0.717) is 5.69 Å². The largest absolute Gasteiger partial charge is 0.360 e. The fourth-order valence-electron chi connectivity index (χ4n) is 1.92. The molecule has 0 spiro atoms. The molecule has 2 heterocycles. The van der Waals surface area contributed by atoms with Gasteiger partial charge < -0.3 is 9.42 Å². The Labute approximate surface area is 95.6 Å². The number of piperidine rings is 1. The number of amides is 1. The molecule has 1 aromatic heterocycles. The van der Waals surface area contributed by atoms with Gasteiger partial charge in [-0.25, -0.2) is 0 Å². The van der Waals surface area contributed by atoms with Crippen molar-refractivity contribution in [3.05, 3.63) is 17.5 Å². The van der Waals surface area contributed by atoms with Crippen LogP contribution in [0.15, 0.2) is 10.6 Å². The second-order valence-corrected chi connectivity index (χ2v) is 4.62. The normalized spacial score (nSPS) is 16.8. The number of carbonyl (C=O) groups is 1. The highest BCUT2D eigenvalue weighted by molar-refractivity contribution is 5.92. The average molecular weight is 222 g/mol. The van der Waals surface area contributed by atoms with E-state index >= 15 is 0 Å². The molecule has 1 saturated heterocycles. The Morgan fingerprint density at radius 2 is 2.06 bits per heavy atom. The van der Waals surface area contributed by atoms with Crippen molar-refractivity contribution in [2.75, 3.05) is 13.1 Å². The smallest absolute Gasteiger partial charge is 0.276 e. The van der Waals surface area contributed by atoms with Crippen LogP contribution in [0, 0.1) is 0 Å². The van der Waals surface area contributed by atoms with Crippen LogP contribution < -0.4 is 0 Å². The molecule has 0 atom stereocenters. The van der Waals surface area contributed by atoms with Gasteiger partial charge in [0.1, 0.15) is 5.76 Å². The molecule has 88 valence electrons. The summed E-state index contributed by atoms with van der Waals surface area (Å²) in [6.07, 6.45) is 3.42. The molecule has 0 aliphatic carbocycles. The van der Waals surface area contributed by atoms with Crippen molar-refractivity contribution in [2.24, 2.45) is 0 Å². The summed E-state index contributed by atoms with van der Waals surface area (Å²) in [6.45, 7) is 5.75. The fraction of sp³-hybridized carbons (Fsp3) is 0.667. The van der Waals surface area contributed by atoms with E-state index in [9.17, 15) is 4.79 Å². The minimum Gasteiger partial charge on any atom is -0.360 e. The van der Waals surface area contributed by atoms with Gasteiger partial charge in [0.15, 0.2) is 5.69 Å². The highest BCUT2D eigenvalue weighted by Crippen LogP contribution is 2.17. The van der Waals surface area contributed by atoms with Gasteiger partial charge in [0, 0.05) is 25.1 Å². The molecule has 0 radical (unpaired) electrons. The van der Waals surface area contributed by atoms with E-state index in [-0.39, 0.29) is 11.8 Å². The van der Waals surface area contributed by atoms with E-state index in [1.54, 1.807) is 6.07 Å². The molecule has 0 saturated carbocycles. The van der Waals surface area contributed by atoms with Crippen LogP contribution in [-0.4, -0.2) is 29.1 Å². The molecule has 0 unspecified atom stereocenters. The molecular formula is C12H18N2O2. The summed E-state index contributed by atoms with van der Waals surface area (Å²) in [5, 5.41) is 3.85. The van der Waals surface area contributed by atoms with Gasteiger partial charge in [-0.05, 0) is 19.3 Å². The number of hydrogen-bond donors (Lipinski definition) is 0. The van der Waals surface area contributed by atoms with Crippen LogP contribution in [0.3, 0.4) is 0 Å². The zero-order valence-corrected chi connectivity index (χ0v) is 9.90. The quantitative estimate of drug-likeness (QED) is 0.772. The Morgan fingerprint density at radius 3 is 2.62 bits per heavy atom. The molecule has 0 aromatic carbocycles. The summed E-state index contributed by atoms with van der Waals surface area (Å²) in [5.41, 5.74) is 0.450. The lowest BCUT2D eigenvalue weighted by Crippen LogP contribution is -2.35. The van der Waals surface area contributed by atoms with Crippen LogP contribution in [0.4, 0.5) is 0 Å². The molecule has 16 heavy (non-hydrogen) atoms. The molecule has 1 aliphatic rings. The van der Waals surface area contributed by atoms with E-state index < -0.39 is 0 Å². The Kier molecular flexibility index (Phi) is 3.27. The van der Waals surface area contributed by atoms with Crippen molar-refractivity contribution in [3.63, 3.8) is 0 Å². The second-order valence-electron chi connectivity index (χ2n) is 4.62. The third-order valence-corrected chi connectivity index (χ3v) is 2.96. The maximum absolute atomic E-state index is 12.0. The van der Waals surface area contributed by atoms with Gasteiger partial charge in [-0.1, -0.05) is 19.0 Å². The average Bonchev–Trinajstić information content (AvgIpc) is 2.78. The fourth-order valence-corrected chi connectivity index (χ4v) is 1.92. The lowest BCUT2D eigenvalue weighted by atomic mass is 10.1. The second kappa shape index (κ2) is 4.68. The van der Waals surface area contributed by atoms with Gasteiger partial charge in [0.25, 0.3) is 5.91 Å². The van der Waals surface area contributed by atoms with E-state index in [1.165, 1.54) is 6.42 Å². The minimum atomic E-state index is 0.00958. The van der Waals surface area contributed by atoms with Gasteiger partial charge in [0.2, 0.25) is 0 Å². The van der Waals surface area contributed by atoms with E-state index in [1.807, 2.05) is 18.7 Å². The Hall–Kier alpha value is -1.32. The SMILES string of the molecule is CC(C)c1cc(C(=O)N2CCCCC2)no1. The molecule has 0 N–H and O–H groups in total. The molecule has 2 rings (SSSR count). The van der Waals surface area contributed by atoms with Crippen LogP contribution in [0.25, 0.3) is 0 Å². The predicted octanol–water partition coefficient (Wildman–Crippen LogP) is 2.42. The van der Waals surface area contributed by atoms with Crippen molar-refractivity contribution in [1.29, 1.82) is 0 Å². The van der Waals surface area contributed by atoms with Crippen LogP contribution in [-0.2, 0) is 0 Å². The molecule has 1 aliphatic heterocycles. The summed E-state index contributed by atoms with van der Waals surface area (Å²) < 4.78 is 5.14. The number of rotatable bonds is 2. The Balaban J connectivity index is 2.07. The molecule has 1 fully saturated rings. The first-order chi connectivity index (χ1) is 7.68. The summed E-state index contributed by atoms with van der Waals surface area (Å²) in [4.78, 5) is 13.9. The summed E-state index contributed by atoms with van der Waals surface area (Å²) in [7, 11) is 0. The number of likely N-dealkylation sites (tertiary alicyclic amines) is 1. The van der Waals surface area contributed by atoms with Gasteiger partial charge in [-0.3, -0.25) is 4.79 Å². The van der Waals surface area contributed by atoms with Gasteiger partial charge in [-0.2, -0.15) is 0 Å². The monoisotopic (exact) mass is 222 g/mol. The lowest BCUT2D eigenvalue weighted by molar-refractivity contribution is 0.0713. The Morgan fingerprint density at radius 1 is 1.38 bits per heavy atom. The molecule has 0 bridgehead atoms. The van der Waals surface area contributed by atoms with Crippen LogP contribution in [0.5, 0.6) is 0 Å². The molecule has 1 amide bonds. The minimum absolute atomic E-state index is 0.00958. The lowest BCUT2D eigenvalue weighted by Gasteiger charge is -2.25. The highest BCUT2D eigenvalue weighted by atomic mass is 16.5. The number of aromatic nitrogens is 1. The number of nitrogens with zero attached hydrogens (tertiary/aromatic N) is 2. The van der Waals surface area contributed by atoms with Crippen molar-refractivity contribution in [2.45, 2.75) is 39.0 Å². The van der Waals surface area contributed by atoms with Crippen molar-refractivity contribution >= 4 is 5.91 Å². The highest BCUT2D eigenvalue weighted by Gasteiger charge is 2.21. The van der Waals surface area contributed by atoms with Gasteiger partial charge >= 0.3 is 0 Å². The zero-order valence-electron chi connectivity index (χ0n) is 9.90. The standard InChI is InChI=1S/C12H18N2O2/c1-9(2)11-8-10(13-16-11)12(15)14-6-4-3-5-7-14/h8-9H,3-7H2,1-2H3. The molecule has 4 heteroatoms. The predicted molar refractivity (Wildman–Crippen MR) is 60.3 cm³/mol. The topological polar surface area (TPSA) is 46.3 Å². The first-order valence-corrected chi connectivity index (χ1v) is 5.94. The van der Waals surface area contributed by atoms with Crippen molar-refractivity contribution in [1.82, 2.24) is 10.1 Å². The van der Waals surface area contributed by atoms with Crippen LogP contribution in [0.1, 0.15) is 55.3 Å². The van der Waals surface area contributed by atoms with Gasteiger partial charge in [0.05, 0.1) is 0 Å². The van der Waals surface area contributed by atoms with Crippen molar-refractivity contribution < 1.29 is 9.32 Å². The molecular weight excluding hydrogens is 204 g/mol.